The summed E-state index contributed by atoms with van der Waals surface area (Å²) in [4.78, 5) is 25.7. The van der Waals surface area contributed by atoms with E-state index in [1.807, 2.05) is 32.0 Å². The van der Waals surface area contributed by atoms with Crippen molar-refractivity contribution in [1.29, 1.82) is 0 Å². The SMILES string of the molecule is CC(C)C(=O)N1CCC(NC(=O)/C=C/c2cnn(C)c2)CC1. The third-order valence-electron chi connectivity index (χ3n) is 3.80. The number of carbonyl (C=O) groups excluding carboxylic acids is 2. The molecule has 0 bridgehead atoms. The minimum absolute atomic E-state index is 0.0357. The van der Waals surface area contributed by atoms with Gasteiger partial charge in [0.1, 0.15) is 0 Å². The number of aromatic nitrogens is 2. The van der Waals surface area contributed by atoms with Gasteiger partial charge in [0.15, 0.2) is 0 Å². The molecule has 2 heterocycles. The van der Waals surface area contributed by atoms with Gasteiger partial charge in [-0.05, 0) is 18.9 Å². The molecule has 1 saturated heterocycles. The molecule has 1 fully saturated rings. The number of nitrogens with zero attached hydrogens (tertiary/aromatic N) is 3. The summed E-state index contributed by atoms with van der Waals surface area (Å²) in [6.45, 7) is 5.27. The fraction of sp³-hybridized carbons (Fsp3) is 0.562. The van der Waals surface area contributed by atoms with Crippen LogP contribution in [-0.4, -0.2) is 45.6 Å². The summed E-state index contributed by atoms with van der Waals surface area (Å²) in [6, 6.07) is 0.141. The van der Waals surface area contributed by atoms with Gasteiger partial charge in [0.05, 0.1) is 6.20 Å². The number of piperidine rings is 1. The van der Waals surface area contributed by atoms with Crippen molar-refractivity contribution in [2.24, 2.45) is 13.0 Å². The summed E-state index contributed by atoms with van der Waals surface area (Å²) in [5, 5.41) is 7.04. The summed E-state index contributed by atoms with van der Waals surface area (Å²) >= 11 is 0. The third-order valence-corrected chi connectivity index (χ3v) is 3.80. The van der Waals surface area contributed by atoms with Crippen LogP contribution < -0.4 is 5.32 Å². The first-order valence-electron chi connectivity index (χ1n) is 7.71. The van der Waals surface area contributed by atoms with E-state index >= 15 is 0 Å². The molecule has 0 spiro atoms. The van der Waals surface area contributed by atoms with Gasteiger partial charge in [0.25, 0.3) is 0 Å². The van der Waals surface area contributed by atoms with Crippen LogP contribution >= 0.6 is 0 Å². The molecule has 0 atom stereocenters. The maximum absolute atomic E-state index is 11.9. The zero-order chi connectivity index (χ0) is 16.1. The van der Waals surface area contributed by atoms with Crippen molar-refractivity contribution < 1.29 is 9.59 Å². The molecule has 0 saturated carbocycles. The maximum atomic E-state index is 11.9. The second-order valence-electron chi connectivity index (χ2n) is 6.04. The first kappa shape index (κ1) is 16.3. The molecule has 1 aliphatic heterocycles. The highest BCUT2D eigenvalue weighted by molar-refractivity contribution is 5.91. The van der Waals surface area contributed by atoms with Crippen LogP contribution in [0.2, 0.25) is 0 Å². The van der Waals surface area contributed by atoms with Gasteiger partial charge in [-0.2, -0.15) is 5.10 Å². The van der Waals surface area contributed by atoms with Gasteiger partial charge < -0.3 is 10.2 Å². The quantitative estimate of drug-likeness (QED) is 0.850. The molecule has 1 aromatic heterocycles. The molecule has 22 heavy (non-hydrogen) atoms. The molecule has 1 aliphatic rings. The van der Waals surface area contributed by atoms with Gasteiger partial charge in [0, 0.05) is 49.9 Å². The van der Waals surface area contributed by atoms with Gasteiger partial charge >= 0.3 is 0 Å². The summed E-state index contributed by atoms with van der Waals surface area (Å²) < 4.78 is 1.69. The molecular weight excluding hydrogens is 280 g/mol. The van der Waals surface area contributed by atoms with Crippen LogP contribution in [0, 0.1) is 5.92 Å². The van der Waals surface area contributed by atoms with E-state index in [2.05, 4.69) is 10.4 Å². The zero-order valence-electron chi connectivity index (χ0n) is 13.5. The molecule has 6 nitrogen and oxygen atoms in total. The molecule has 0 radical (unpaired) electrons. The van der Waals surface area contributed by atoms with E-state index in [1.165, 1.54) is 6.08 Å². The third kappa shape index (κ3) is 4.44. The Hall–Kier alpha value is -2.11. The first-order chi connectivity index (χ1) is 10.5. The van der Waals surface area contributed by atoms with E-state index in [0.29, 0.717) is 13.1 Å². The Morgan fingerprint density at radius 3 is 2.59 bits per heavy atom. The number of hydrogen-bond acceptors (Lipinski definition) is 3. The fourth-order valence-corrected chi connectivity index (χ4v) is 2.56. The van der Waals surface area contributed by atoms with Gasteiger partial charge in [-0.25, -0.2) is 0 Å². The van der Waals surface area contributed by atoms with E-state index in [4.69, 9.17) is 0 Å². The van der Waals surface area contributed by atoms with E-state index in [9.17, 15) is 9.59 Å². The lowest BCUT2D eigenvalue weighted by Gasteiger charge is -2.33. The first-order valence-corrected chi connectivity index (χ1v) is 7.71. The largest absolute Gasteiger partial charge is 0.350 e. The Morgan fingerprint density at radius 2 is 2.05 bits per heavy atom. The minimum atomic E-state index is -0.0995. The van der Waals surface area contributed by atoms with Crippen LogP contribution in [0.5, 0.6) is 0 Å². The van der Waals surface area contributed by atoms with Gasteiger partial charge in [-0.1, -0.05) is 13.8 Å². The number of rotatable bonds is 4. The molecule has 6 heteroatoms. The highest BCUT2D eigenvalue weighted by atomic mass is 16.2. The summed E-state index contributed by atoms with van der Waals surface area (Å²) in [6.07, 6.45) is 8.46. The number of amides is 2. The van der Waals surface area contributed by atoms with Crippen LogP contribution in [0.15, 0.2) is 18.5 Å². The zero-order valence-corrected chi connectivity index (χ0v) is 13.5. The average molecular weight is 304 g/mol. The predicted octanol–water partition coefficient (Wildman–Crippen LogP) is 1.20. The van der Waals surface area contributed by atoms with Crippen molar-refractivity contribution in [2.45, 2.75) is 32.7 Å². The lowest BCUT2D eigenvalue weighted by molar-refractivity contribution is -0.135. The van der Waals surface area contributed by atoms with Gasteiger partial charge in [-0.3, -0.25) is 14.3 Å². The molecule has 1 N–H and O–H groups in total. The van der Waals surface area contributed by atoms with E-state index in [-0.39, 0.29) is 23.8 Å². The number of nitrogens with one attached hydrogen (secondary N) is 1. The van der Waals surface area contributed by atoms with Crippen LogP contribution in [0.1, 0.15) is 32.3 Å². The van der Waals surface area contributed by atoms with Crippen LogP contribution in [0.4, 0.5) is 0 Å². The standard InChI is InChI=1S/C16H24N4O2/c1-12(2)16(22)20-8-6-14(7-9-20)18-15(21)5-4-13-10-17-19(3)11-13/h4-5,10-12,14H,6-9H2,1-3H3,(H,18,21)/b5-4+. The average Bonchev–Trinajstić information content (AvgIpc) is 2.91. The maximum Gasteiger partial charge on any atom is 0.244 e. The molecule has 2 rings (SSSR count). The molecule has 1 aromatic rings. The second kappa shape index (κ2) is 7.24. The molecular formula is C16H24N4O2. The second-order valence-corrected chi connectivity index (χ2v) is 6.04. The molecule has 0 aliphatic carbocycles. The number of aryl methyl sites for hydroxylation is 1. The Kier molecular flexibility index (Phi) is 5.35. The van der Waals surface area contributed by atoms with Gasteiger partial charge in [0.2, 0.25) is 11.8 Å². The Morgan fingerprint density at radius 1 is 1.36 bits per heavy atom. The highest BCUT2D eigenvalue weighted by Gasteiger charge is 2.24. The molecule has 0 aromatic carbocycles. The van der Waals surface area contributed by atoms with Crippen LogP contribution in [0.3, 0.4) is 0 Å². The fourth-order valence-electron chi connectivity index (χ4n) is 2.56. The van der Waals surface area contributed by atoms with Crippen molar-refractivity contribution in [1.82, 2.24) is 20.0 Å². The van der Waals surface area contributed by atoms with Crippen molar-refractivity contribution in [3.05, 3.63) is 24.0 Å². The van der Waals surface area contributed by atoms with Crippen LogP contribution in [0.25, 0.3) is 6.08 Å². The van der Waals surface area contributed by atoms with Crippen molar-refractivity contribution >= 4 is 17.9 Å². The Labute approximate surface area is 131 Å². The van der Waals surface area contributed by atoms with E-state index in [1.54, 1.807) is 17.0 Å². The van der Waals surface area contributed by atoms with Crippen LogP contribution in [-0.2, 0) is 16.6 Å². The van der Waals surface area contributed by atoms with Crippen molar-refractivity contribution in [3.63, 3.8) is 0 Å². The molecule has 2 amide bonds. The Bertz CT molecular complexity index is 554. The number of hydrogen-bond donors (Lipinski definition) is 1. The lowest BCUT2D eigenvalue weighted by atomic mass is 10.0. The topological polar surface area (TPSA) is 67.2 Å². The summed E-state index contributed by atoms with van der Waals surface area (Å²) in [5.74, 6) is 0.132. The monoisotopic (exact) mass is 304 g/mol. The predicted molar refractivity (Wildman–Crippen MR) is 84.8 cm³/mol. The van der Waals surface area contributed by atoms with Gasteiger partial charge in [-0.15, -0.1) is 0 Å². The summed E-state index contributed by atoms with van der Waals surface area (Å²) in [7, 11) is 1.84. The minimum Gasteiger partial charge on any atom is -0.350 e. The number of likely N-dealkylation sites (tertiary alicyclic amines) is 1. The lowest BCUT2D eigenvalue weighted by Crippen LogP contribution is -2.47. The summed E-state index contributed by atoms with van der Waals surface area (Å²) in [5.41, 5.74) is 0.898. The highest BCUT2D eigenvalue weighted by Crippen LogP contribution is 2.13. The molecule has 0 unspecified atom stereocenters. The normalized spacial score (nSPS) is 16.5. The Balaban J connectivity index is 1.77. The molecule has 120 valence electrons. The number of carbonyl (C=O) groups is 2. The van der Waals surface area contributed by atoms with E-state index in [0.717, 1.165) is 18.4 Å². The van der Waals surface area contributed by atoms with Crippen molar-refractivity contribution in [3.8, 4) is 0 Å². The van der Waals surface area contributed by atoms with Crippen molar-refractivity contribution in [2.75, 3.05) is 13.1 Å². The van der Waals surface area contributed by atoms with E-state index < -0.39 is 0 Å². The smallest absolute Gasteiger partial charge is 0.244 e.